The van der Waals surface area contributed by atoms with Gasteiger partial charge in [-0.25, -0.2) is 4.39 Å². The van der Waals surface area contributed by atoms with E-state index in [0.717, 1.165) is 18.4 Å². The Morgan fingerprint density at radius 2 is 1.88 bits per heavy atom. The molecule has 0 fully saturated rings. The van der Waals surface area contributed by atoms with Crippen molar-refractivity contribution in [3.8, 4) is 0 Å². The minimum atomic E-state index is -0.200. The Morgan fingerprint density at radius 3 is 2.41 bits per heavy atom. The summed E-state index contributed by atoms with van der Waals surface area (Å²) in [4.78, 5) is 0. The lowest BCUT2D eigenvalue weighted by Crippen LogP contribution is -2.13. The van der Waals surface area contributed by atoms with E-state index in [9.17, 15) is 9.50 Å². The number of rotatable bonds is 7. The lowest BCUT2D eigenvalue weighted by atomic mass is 9.89. The molecule has 0 aromatic heterocycles. The first-order valence-corrected chi connectivity index (χ1v) is 6.51. The zero-order valence-corrected chi connectivity index (χ0v) is 10.8. The van der Waals surface area contributed by atoms with Crippen LogP contribution in [0.4, 0.5) is 4.39 Å². The number of hydrogen-bond acceptors (Lipinski definition) is 1. The van der Waals surface area contributed by atoms with Gasteiger partial charge in [-0.3, -0.25) is 0 Å². The van der Waals surface area contributed by atoms with Gasteiger partial charge in [-0.05, 0) is 42.4 Å². The van der Waals surface area contributed by atoms with E-state index < -0.39 is 0 Å². The zero-order chi connectivity index (χ0) is 12.7. The van der Waals surface area contributed by atoms with Crippen LogP contribution in [0.25, 0.3) is 0 Å². The SMILES string of the molecule is CCCC(C)CC(CO)Cc1ccc(F)cc1. The van der Waals surface area contributed by atoms with Crippen LogP contribution in [-0.4, -0.2) is 11.7 Å². The first-order chi connectivity index (χ1) is 8.15. The fourth-order valence-electron chi connectivity index (χ4n) is 2.36. The van der Waals surface area contributed by atoms with E-state index in [-0.39, 0.29) is 12.4 Å². The first-order valence-electron chi connectivity index (χ1n) is 6.51. The summed E-state index contributed by atoms with van der Waals surface area (Å²) in [6.07, 6.45) is 4.28. The van der Waals surface area contributed by atoms with E-state index in [0.29, 0.717) is 11.8 Å². The predicted molar refractivity (Wildman–Crippen MR) is 69.4 cm³/mol. The quantitative estimate of drug-likeness (QED) is 0.766. The van der Waals surface area contributed by atoms with Gasteiger partial charge in [0, 0.05) is 6.61 Å². The second-order valence-electron chi connectivity index (χ2n) is 5.01. The highest BCUT2D eigenvalue weighted by molar-refractivity contribution is 5.16. The molecule has 1 rings (SSSR count). The Hall–Kier alpha value is -0.890. The van der Waals surface area contributed by atoms with Gasteiger partial charge in [0.15, 0.2) is 0 Å². The summed E-state index contributed by atoms with van der Waals surface area (Å²) in [5, 5.41) is 9.38. The molecule has 0 spiro atoms. The molecule has 0 heterocycles. The molecule has 0 aliphatic carbocycles. The predicted octanol–water partition coefficient (Wildman–Crippen LogP) is 3.80. The highest BCUT2D eigenvalue weighted by atomic mass is 19.1. The molecule has 0 saturated heterocycles. The van der Waals surface area contributed by atoms with Gasteiger partial charge < -0.3 is 5.11 Å². The molecule has 0 radical (unpaired) electrons. The van der Waals surface area contributed by atoms with Crippen molar-refractivity contribution in [2.24, 2.45) is 11.8 Å². The van der Waals surface area contributed by atoms with Crippen LogP contribution in [-0.2, 0) is 6.42 Å². The van der Waals surface area contributed by atoms with Crippen LogP contribution in [0.5, 0.6) is 0 Å². The molecule has 2 unspecified atom stereocenters. The molecule has 0 aliphatic rings. The third-order valence-corrected chi connectivity index (χ3v) is 3.21. The highest BCUT2D eigenvalue weighted by Crippen LogP contribution is 2.20. The maximum Gasteiger partial charge on any atom is 0.123 e. The molecule has 0 saturated carbocycles. The van der Waals surface area contributed by atoms with E-state index in [4.69, 9.17) is 0 Å². The van der Waals surface area contributed by atoms with Crippen molar-refractivity contribution in [3.63, 3.8) is 0 Å². The molecule has 0 aliphatic heterocycles. The standard InChI is InChI=1S/C15H23FO/c1-3-4-12(2)9-14(11-17)10-13-5-7-15(16)8-6-13/h5-8,12,14,17H,3-4,9-11H2,1-2H3. The smallest absolute Gasteiger partial charge is 0.123 e. The summed E-state index contributed by atoms with van der Waals surface area (Å²) in [6, 6.07) is 6.59. The summed E-state index contributed by atoms with van der Waals surface area (Å²) in [5.74, 6) is 0.744. The molecule has 2 atom stereocenters. The zero-order valence-electron chi connectivity index (χ0n) is 10.8. The fourth-order valence-corrected chi connectivity index (χ4v) is 2.36. The topological polar surface area (TPSA) is 20.2 Å². The number of hydrogen-bond donors (Lipinski definition) is 1. The van der Waals surface area contributed by atoms with E-state index in [1.807, 2.05) is 12.1 Å². The van der Waals surface area contributed by atoms with Crippen molar-refractivity contribution in [2.45, 2.75) is 39.5 Å². The summed E-state index contributed by atoms with van der Waals surface area (Å²) < 4.78 is 12.8. The van der Waals surface area contributed by atoms with E-state index in [1.165, 1.54) is 25.0 Å². The molecule has 1 N–H and O–H groups in total. The molecule has 1 nitrogen and oxygen atoms in total. The molecular weight excluding hydrogens is 215 g/mol. The van der Waals surface area contributed by atoms with Gasteiger partial charge in [0.05, 0.1) is 0 Å². The maximum absolute atomic E-state index is 12.8. The second-order valence-corrected chi connectivity index (χ2v) is 5.01. The third-order valence-electron chi connectivity index (χ3n) is 3.21. The molecule has 1 aromatic carbocycles. The Balaban J connectivity index is 2.48. The molecule has 96 valence electrons. The van der Waals surface area contributed by atoms with Crippen LogP contribution in [0.1, 0.15) is 38.7 Å². The second kappa shape index (κ2) is 7.44. The van der Waals surface area contributed by atoms with Gasteiger partial charge >= 0.3 is 0 Å². The largest absolute Gasteiger partial charge is 0.396 e. The average Bonchev–Trinajstić information content (AvgIpc) is 2.31. The van der Waals surface area contributed by atoms with Crippen molar-refractivity contribution < 1.29 is 9.50 Å². The Labute approximate surface area is 104 Å². The number of halogens is 1. The Morgan fingerprint density at radius 1 is 1.24 bits per heavy atom. The van der Waals surface area contributed by atoms with Crippen LogP contribution < -0.4 is 0 Å². The molecule has 2 heteroatoms. The Bertz CT molecular complexity index is 307. The van der Waals surface area contributed by atoms with Crippen molar-refractivity contribution in [3.05, 3.63) is 35.6 Å². The fraction of sp³-hybridized carbons (Fsp3) is 0.600. The molecule has 17 heavy (non-hydrogen) atoms. The van der Waals surface area contributed by atoms with Crippen molar-refractivity contribution >= 4 is 0 Å². The highest BCUT2D eigenvalue weighted by Gasteiger charge is 2.12. The maximum atomic E-state index is 12.8. The third kappa shape index (κ3) is 5.31. The summed E-state index contributed by atoms with van der Waals surface area (Å²) in [6.45, 7) is 4.63. The van der Waals surface area contributed by atoms with Gasteiger partial charge in [-0.1, -0.05) is 38.8 Å². The lowest BCUT2D eigenvalue weighted by Gasteiger charge is -2.18. The van der Waals surface area contributed by atoms with E-state index >= 15 is 0 Å². The number of benzene rings is 1. The van der Waals surface area contributed by atoms with Crippen molar-refractivity contribution in [1.29, 1.82) is 0 Å². The van der Waals surface area contributed by atoms with Gasteiger partial charge in [-0.15, -0.1) is 0 Å². The van der Waals surface area contributed by atoms with Crippen LogP contribution in [0.2, 0.25) is 0 Å². The lowest BCUT2D eigenvalue weighted by molar-refractivity contribution is 0.200. The van der Waals surface area contributed by atoms with Crippen LogP contribution in [0, 0.1) is 17.7 Å². The molecular formula is C15H23FO. The first kappa shape index (κ1) is 14.2. The average molecular weight is 238 g/mol. The van der Waals surface area contributed by atoms with Crippen molar-refractivity contribution in [2.75, 3.05) is 6.61 Å². The van der Waals surface area contributed by atoms with Crippen LogP contribution in [0.15, 0.2) is 24.3 Å². The number of aliphatic hydroxyl groups is 1. The van der Waals surface area contributed by atoms with Crippen LogP contribution in [0.3, 0.4) is 0 Å². The van der Waals surface area contributed by atoms with Gasteiger partial charge in [-0.2, -0.15) is 0 Å². The van der Waals surface area contributed by atoms with E-state index in [1.54, 1.807) is 0 Å². The summed E-state index contributed by atoms with van der Waals surface area (Å²) in [5.41, 5.74) is 1.11. The number of aliphatic hydroxyl groups excluding tert-OH is 1. The minimum Gasteiger partial charge on any atom is -0.396 e. The van der Waals surface area contributed by atoms with Gasteiger partial charge in [0.25, 0.3) is 0 Å². The van der Waals surface area contributed by atoms with E-state index in [2.05, 4.69) is 13.8 Å². The molecule has 1 aromatic rings. The molecule has 0 amide bonds. The monoisotopic (exact) mass is 238 g/mol. The molecule has 0 bridgehead atoms. The minimum absolute atomic E-state index is 0.200. The van der Waals surface area contributed by atoms with Gasteiger partial charge in [0.1, 0.15) is 5.82 Å². The normalized spacial score (nSPS) is 14.6. The summed E-state index contributed by atoms with van der Waals surface area (Å²) in [7, 11) is 0. The van der Waals surface area contributed by atoms with Gasteiger partial charge in [0.2, 0.25) is 0 Å². The van der Waals surface area contributed by atoms with Crippen molar-refractivity contribution in [1.82, 2.24) is 0 Å². The summed E-state index contributed by atoms with van der Waals surface area (Å²) >= 11 is 0. The van der Waals surface area contributed by atoms with Crippen LogP contribution >= 0.6 is 0 Å². The Kier molecular flexibility index (Phi) is 6.20.